The summed E-state index contributed by atoms with van der Waals surface area (Å²) in [7, 11) is 0. The quantitative estimate of drug-likeness (QED) is 0.520. The average Bonchev–Trinajstić information content (AvgIpc) is 2.38. The lowest BCUT2D eigenvalue weighted by molar-refractivity contribution is -0.160. The van der Waals surface area contributed by atoms with Gasteiger partial charge in [-0.3, -0.25) is 0 Å². The molecule has 0 saturated carbocycles. The Morgan fingerprint density at radius 2 is 1.87 bits per heavy atom. The van der Waals surface area contributed by atoms with Crippen molar-refractivity contribution >= 4 is 0 Å². The van der Waals surface area contributed by atoms with E-state index in [0.717, 1.165) is 0 Å². The standard InChI is InChI=1S/C13H18O2/c1-6-9-13(10-7-2)11(8-3)14-12(4,5)15-13/h3,6-7,11H,1-2,9-10H2,4-5H3/t11-/m1/s1. The molecule has 1 saturated heterocycles. The van der Waals surface area contributed by atoms with Crippen LogP contribution in [-0.2, 0) is 9.47 Å². The van der Waals surface area contributed by atoms with E-state index in [0.29, 0.717) is 12.8 Å². The van der Waals surface area contributed by atoms with Crippen LogP contribution in [0.1, 0.15) is 26.7 Å². The predicted octanol–water partition coefficient (Wildman–Crippen LogP) is 2.66. The van der Waals surface area contributed by atoms with Crippen molar-refractivity contribution in [3.05, 3.63) is 25.3 Å². The number of terminal acetylenes is 1. The van der Waals surface area contributed by atoms with Gasteiger partial charge in [0.2, 0.25) is 0 Å². The Labute approximate surface area is 92.0 Å². The molecule has 0 spiro atoms. The molecular weight excluding hydrogens is 188 g/mol. The molecule has 2 heteroatoms. The average molecular weight is 206 g/mol. The molecule has 0 aromatic heterocycles. The van der Waals surface area contributed by atoms with E-state index in [1.807, 2.05) is 13.8 Å². The fourth-order valence-electron chi connectivity index (χ4n) is 2.01. The van der Waals surface area contributed by atoms with Crippen molar-refractivity contribution in [1.29, 1.82) is 0 Å². The van der Waals surface area contributed by atoms with Gasteiger partial charge in [-0.15, -0.1) is 19.6 Å². The fraction of sp³-hybridized carbons (Fsp3) is 0.538. The summed E-state index contributed by atoms with van der Waals surface area (Å²) in [6.07, 6.45) is 10.1. The Bertz CT molecular complexity index is 286. The zero-order valence-electron chi connectivity index (χ0n) is 9.45. The van der Waals surface area contributed by atoms with Crippen LogP contribution in [0.5, 0.6) is 0 Å². The lowest BCUT2D eigenvalue weighted by Crippen LogP contribution is -2.38. The van der Waals surface area contributed by atoms with E-state index >= 15 is 0 Å². The van der Waals surface area contributed by atoms with Gasteiger partial charge in [0, 0.05) is 0 Å². The van der Waals surface area contributed by atoms with E-state index in [2.05, 4.69) is 19.1 Å². The van der Waals surface area contributed by atoms with Crippen molar-refractivity contribution < 1.29 is 9.47 Å². The van der Waals surface area contributed by atoms with Gasteiger partial charge in [0.1, 0.15) is 5.60 Å². The van der Waals surface area contributed by atoms with E-state index in [1.165, 1.54) is 0 Å². The van der Waals surface area contributed by atoms with Crippen LogP contribution in [0.2, 0.25) is 0 Å². The van der Waals surface area contributed by atoms with E-state index in [1.54, 1.807) is 12.2 Å². The largest absolute Gasteiger partial charge is 0.340 e. The highest BCUT2D eigenvalue weighted by molar-refractivity contribution is 5.14. The summed E-state index contributed by atoms with van der Waals surface area (Å²) in [6.45, 7) is 11.2. The number of ether oxygens (including phenoxy) is 2. The molecule has 15 heavy (non-hydrogen) atoms. The summed E-state index contributed by atoms with van der Waals surface area (Å²) >= 11 is 0. The normalized spacial score (nSPS) is 26.9. The topological polar surface area (TPSA) is 18.5 Å². The van der Waals surface area contributed by atoms with Crippen LogP contribution in [0.3, 0.4) is 0 Å². The Balaban J connectivity index is 2.99. The highest BCUT2D eigenvalue weighted by Gasteiger charge is 2.51. The summed E-state index contributed by atoms with van der Waals surface area (Å²) in [4.78, 5) is 0. The molecule has 82 valence electrons. The van der Waals surface area contributed by atoms with E-state index in [4.69, 9.17) is 15.9 Å². The second-order valence-corrected chi connectivity index (χ2v) is 4.22. The summed E-state index contributed by atoms with van der Waals surface area (Å²) in [6, 6.07) is 0. The molecule has 0 unspecified atom stereocenters. The lowest BCUT2D eigenvalue weighted by atomic mass is 9.89. The SMILES string of the molecule is C#C[C@H]1OC(C)(C)OC1(CC=C)CC=C. The first-order chi connectivity index (χ1) is 6.99. The Kier molecular flexibility index (Phi) is 3.38. The first-order valence-electron chi connectivity index (χ1n) is 5.05. The van der Waals surface area contributed by atoms with Gasteiger partial charge < -0.3 is 9.47 Å². The molecule has 0 aromatic rings. The van der Waals surface area contributed by atoms with Crippen LogP contribution in [0, 0.1) is 12.3 Å². The third-order valence-electron chi connectivity index (χ3n) is 2.46. The predicted molar refractivity (Wildman–Crippen MR) is 61.2 cm³/mol. The fourth-order valence-corrected chi connectivity index (χ4v) is 2.01. The number of hydrogen-bond acceptors (Lipinski definition) is 2. The maximum Gasteiger partial charge on any atom is 0.165 e. The maximum atomic E-state index is 5.91. The van der Waals surface area contributed by atoms with Gasteiger partial charge in [-0.2, -0.15) is 0 Å². The monoisotopic (exact) mass is 206 g/mol. The molecule has 1 fully saturated rings. The zero-order valence-corrected chi connectivity index (χ0v) is 9.45. The highest BCUT2D eigenvalue weighted by Crippen LogP contribution is 2.41. The molecule has 0 aliphatic carbocycles. The number of rotatable bonds is 4. The van der Waals surface area contributed by atoms with Gasteiger partial charge in [-0.1, -0.05) is 18.1 Å². The molecule has 2 nitrogen and oxygen atoms in total. The molecule has 0 bridgehead atoms. The Hall–Kier alpha value is -1.04. The number of hydrogen-bond donors (Lipinski definition) is 0. The second-order valence-electron chi connectivity index (χ2n) is 4.22. The van der Waals surface area contributed by atoms with Crippen molar-refractivity contribution in [2.45, 2.75) is 44.2 Å². The highest BCUT2D eigenvalue weighted by atomic mass is 16.8. The minimum atomic E-state index is -0.636. The van der Waals surface area contributed by atoms with Crippen molar-refractivity contribution in [3.63, 3.8) is 0 Å². The third-order valence-corrected chi connectivity index (χ3v) is 2.46. The van der Waals surface area contributed by atoms with Gasteiger partial charge in [0.25, 0.3) is 0 Å². The third kappa shape index (κ3) is 2.31. The van der Waals surface area contributed by atoms with Crippen LogP contribution in [0.4, 0.5) is 0 Å². The summed E-state index contributed by atoms with van der Waals surface area (Å²) in [5.74, 6) is 2.00. The minimum Gasteiger partial charge on any atom is -0.340 e. The van der Waals surface area contributed by atoms with Crippen LogP contribution in [0.15, 0.2) is 25.3 Å². The van der Waals surface area contributed by atoms with Crippen molar-refractivity contribution in [3.8, 4) is 12.3 Å². The molecule has 1 heterocycles. The van der Waals surface area contributed by atoms with Crippen molar-refractivity contribution in [2.75, 3.05) is 0 Å². The molecule has 0 radical (unpaired) electrons. The molecule has 1 rings (SSSR count). The molecule has 1 aliphatic rings. The Morgan fingerprint density at radius 1 is 1.33 bits per heavy atom. The molecule has 1 aliphatic heterocycles. The molecular formula is C13H18O2. The molecule has 0 amide bonds. The maximum absolute atomic E-state index is 5.91. The summed E-state index contributed by atoms with van der Waals surface area (Å²) < 4.78 is 11.6. The van der Waals surface area contributed by atoms with Gasteiger partial charge >= 0.3 is 0 Å². The first kappa shape index (κ1) is 12.0. The van der Waals surface area contributed by atoms with Gasteiger partial charge in [-0.25, -0.2) is 0 Å². The zero-order chi connectivity index (χ0) is 11.5. The summed E-state index contributed by atoms with van der Waals surface area (Å²) in [5, 5.41) is 0. The first-order valence-corrected chi connectivity index (χ1v) is 5.05. The Morgan fingerprint density at radius 3 is 2.27 bits per heavy atom. The smallest absolute Gasteiger partial charge is 0.165 e. The molecule has 1 atom stereocenters. The van der Waals surface area contributed by atoms with E-state index in [9.17, 15) is 0 Å². The second kappa shape index (κ2) is 4.22. The van der Waals surface area contributed by atoms with Crippen LogP contribution >= 0.6 is 0 Å². The van der Waals surface area contributed by atoms with E-state index < -0.39 is 11.4 Å². The van der Waals surface area contributed by atoms with Crippen LogP contribution in [-0.4, -0.2) is 17.5 Å². The minimum absolute atomic E-state index is 0.344. The van der Waals surface area contributed by atoms with Gasteiger partial charge in [0.15, 0.2) is 11.9 Å². The van der Waals surface area contributed by atoms with Gasteiger partial charge in [0.05, 0.1) is 0 Å². The van der Waals surface area contributed by atoms with Crippen molar-refractivity contribution in [1.82, 2.24) is 0 Å². The van der Waals surface area contributed by atoms with Crippen LogP contribution in [0.25, 0.3) is 0 Å². The van der Waals surface area contributed by atoms with E-state index in [-0.39, 0.29) is 6.10 Å². The lowest BCUT2D eigenvalue weighted by Gasteiger charge is -2.29. The van der Waals surface area contributed by atoms with Crippen LogP contribution < -0.4 is 0 Å². The van der Waals surface area contributed by atoms with Gasteiger partial charge in [-0.05, 0) is 26.7 Å². The summed E-state index contributed by atoms with van der Waals surface area (Å²) in [5.41, 5.74) is -0.498. The van der Waals surface area contributed by atoms with Crippen molar-refractivity contribution in [2.24, 2.45) is 0 Å². The molecule has 0 aromatic carbocycles. The molecule has 0 N–H and O–H groups in total.